The highest BCUT2D eigenvalue weighted by Crippen LogP contribution is 2.24. The third-order valence-corrected chi connectivity index (χ3v) is 3.79. The normalized spacial score (nSPS) is 18.4. The molecule has 2 aromatic rings. The summed E-state index contributed by atoms with van der Waals surface area (Å²) in [4.78, 5) is 3.52. The third-order valence-electron chi connectivity index (χ3n) is 3.79. The Morgan fingerprint density at radius 2 is 2.15 bits per heavy atom. The zero-order chi connectivity index (χ0) is 14.1. The lowest BCUT2D eigenvalue weighted by Crippen LogP contribution is -2.13. The van der Waals surface area contributed by atoms with Crippen molar-refractivity contribution in [1.29, 1.82) is 0 Å². The van der Waals surface area contributed by atoms with Gasteiger partial charge in [0.15, 0.2) is 5.82 Å². The molecule has 20 heavy (non-hydrogen) atoms. The Balaban J connectivity index is 2.05. The molecule has 3 rings (SSSR count). The van der Waals surface area contributed by atoms with Gasteiger partial charge in [0.25, 0.3) is 6.54 Å². The summed E-state index contributed by atoms with van der Waals surface area (Å²) in [6, 6.07) is 6.45. The van der Waals surface area contributed by atoms with Crippen LogP contribution in [0.25, 0.3) is 10.7 Å². The fourth-order valence-electron chi connectivity index (χ4n) is 2.79. The van der Waals surface area contributed by atoms with E-state index in [4.69, 9.17) is 16.4 Å². The maximum absolute atomic E-state index is 7.12. The van der Waals surface area contributed by atoms with Crippen LogP contribution in [-0.2, 0) is 11.3 Å². The van der Waals surface area contributed by atoms with Gasteiger partial charge in [-0.25, -0.2) is 6.57 Å². The van der Waals surface area contributed by atoms with E-state index in [0.717, 1.165) is 35.9 Å². The second kappa shape index (κ2) is 5.14. The molecule has 1 aliphatic heterocycles. The van der Waals surface area contributed by atoms with Crippen molar-refractivity contribution in [2.24, 2.45) is 0 Å². The van der Waals surface area contributed by atoms with Crippen LogP contribution in [0.2, 0.25) is 0 Å². The van der Waals surface area contributed by atoms with Crippen LogP contribution >= 0.6 is 0 Å². The molecule has 0 aliphatic carbocycles. The summed E-state index contributed by atoms with van der Waals surface area (Å²) in [5.74, 6) is 0.899. The van der Waals surface area contributed by atoms with Crippen molar-refractivity contribution in [3.05, 3.63) is 46.7 Å². The van der Waals surface area contributed by atoms with Gasteiger partial charge < -0.3 is 14.1 Å². The fourth-order valence-corrected chi connectivity index (χ4v) is 2.79. The van der Waals surface area contributed by atoms with Crippen molar-refractivity contribution < 1.29 is 4.74 Å². The van der Waals surface area contributed by atoms with Crippen LogP contribution < -0.4 is 0 Å². The Hall–Kier alpha value is -2.06. The van der Waals surface area contributed by atoms with E-state index in [1.807, 2.05) is 10.7 Å². The number of hydrogen-bond donors (Lipinski definition) is 0. The summed E-state index contributed by atoms with van der Waals surface area (Å²) >= 11 is 0. The van der Waals surface area contributed by atoms with Gasteiger partial charge in [0.1, 0.15) is 5.69 Å². The summed E-state index contributed by atoms with van der Waals surface area (Å²) in [7, 11) is 0. The highest BCUT2D eigenvalue weighted by molar-refractivity contribution is 5.33. The van der Waals surface area contributed by atoms with E-state index in [0.29, 0.717) is 13.2 Å². The molecule has 0 saturated carbocycles. The predicted molar refractivity (Wildman–Crippen MR) is 75.8 cm³/mol. The zero-order valence-corrected chi connectivity index (χ0v) is 11.8. The lowest BCUT2D eigenvalue weighted by atomic mass is 10.2. The van der Waals surface area contributed by atoms with Crippen LogP contribution in [0, 0.1) is 20.4 Å². The molecule has 0 radical (unpaired) electrons. The molecule has 1 saturated heterocycles. The SMILES string of the molecule is [C-]#[N+]Cc1cc(-n2c(C)ccc2C)nn1[C@H]1CCOC1. The molecule has 1 atom stereocenters. The number of nitrogens with zero attached hydrogens (tertiary/aromatic N) is 4. The highest BCUT2D eigenvalue weighted by atomic mass is 16.5. The monoisotopic (exact) mass is 270 g/mol. The largest absolute Gasteiger partial charge is 0.379 e. The molecule has 0 amide bonds. The van der Waals surface area contributed by atoms with Crippen molar-refractivity contribution in [3.63, 3.8) is 0 Å². The number of aryl methyl sites for hydroxylation is 2. The van der Waals surface area contributed by atoms with Crippen LogP contribution in [0.15, 0.2) is 18.2 Å². The van der Waals surface area contributed by atoms with Gasteiger partial charge in [-0.3, -0.25) is 4.68 Å². The molecular weight excluding hydrogens is 252 g/mol. The Morgan fingerprint density at radius 1 is 1.40 bits per heavy atom. The van der Waals surface area contributed by atoms with Gasteiger partial charge in [0.2, 0.25) is 0 Å². The summed E-state index contributed by atoms with van der Waals surface area (Å²) in [6.07, 6.45) is 0.968. The van der Waals surface area contributed by atoms with Crippen molar-refractivity contribution in [2.75, 3.05) is 13.2 Å². The van der Waals surface area contributed by atoms with Crippen molar-refractivity contribution in [1.82, 2.24) is 14.3 Å². The average molecular weight is 270 g/mol. The van der Waals surface area contributed by atoms with Gasteiger partial charge in [0.05, 0.1) is 12.6 Å². The summed E-state index contributed by atoms with van der Waals surface area (Å²) in [5, 5.41) is 4.73. The van der Waals surface area contributed by atoms with Crippen LogP contribution in [-0.4, -0.2) is 27.6 Å². The maximum atomic E-state index is 7.12. The number of aromatic nitrogens is 3. The lowest BCUT2D eigenvalue weighted by Gasteiger charge is -2.10. The molecule has 2 aromatic heterocycles. The first kappa shape index (κ1) is 12.9. The van der Waals surface area contributed by atoms with E-state index in [1.54, 1.807) is 0 Å². The minimum atomic E-state index is 0.261. The van der Waals surface area contributed by atoms with Gasteiger partial charge in [0, 0.05) is 24.1 Å². The van der Waals surface area contributed by atoms with E-state index >= 15 is 0 Å². The van der Waals surface area contributed by atoms with E-state index in [2.05, 4.69) is 35.4 Å². The van der Waals surface area contributed by atoms with Crippen LogP contribution in [0.3, 0.4) is 0 Å². The van der Waals surface area contributed by atoms with Crippen LogP contribution in [0.4, 0.5) is 0 Å². The smallest absolute Gasteiger partial charge is 0.256 e. The van der Waals surface area contributed by atoms with Gasteiger partial charge in [-0.15, -0.1) is 0 Å². The van der Waals surface area contributed by atoms with Crippen molar-refractivity contribution in [2.45, 2.75) is 32.9 Å². The molecule has 3 heterocycles. The molecule has 0 N–H and O–H groups in total. The van der Waals surface area contributed by atoms with E-state index < -0.39 is 0 Å². The van der Waals surface area contributed by atoms with Gasteiger partial charge in [-0.05, 0) is 32.4 Å². The van der Waals surface area contributed by atoms with E-state index in [9.17, 15) is 0 Å². The minimum Gasteiger partial charge on any atom is -0.379 e. The Bertz CT molecular complexity index is 636. The Morgan fingerprint density at radius 3 is 2.75 bits per heavy atom. The third kappa shape index (κ3) is 2.12. The molecule has 5 nitrogen and oxygen atoms in total. The zero-order valence-electron chi connectivity index (χ0n) is 11.8. The minimum absolute atomic E-state index is 0.261. The number of ether oxygens (including phenoxy) is 1. The topological polar surface area (TPSA) is 36.3 Å². The highest BCUT2D eigenvalue weighted by Gasteiger charge is 2.23. The second-order valence-electron chi connectivity index (χ2n) is 5.22. The standard InChI is InChI=1S/C15H18N4O/c1-11-4-5-12(2)18(11)15-8-14(9-16-3)19(17-15)13-6-7-20-10-13/h4-5,8,13H,6-7,9-10H2,1-2H3/t13-/m0/s1. The maximum Gasteiger partial charge on any atom is 0.256 e. The van der Waals surface area contributed by atoms with Crippen LogP contribution in [0.5, 0.6) is 0 Å². The first-order chi connectivity index (χ1) is 9.70. The molecule has 5 heteroatoms. The first-order valence-electron chi connectivity index (χ1n) is 6.85. The van der Waals surface area contributed by atoms with Crippen molar-refractivity contribution >= 4 is 0 Å². The van der Waals surface area contributed by atoms with E-state index in [-0.39, 0.29) is 6.04 Å². The quantitative estimate of drug-likeness (QED) is 0.804. The first-order valence-corrected chi connectivity index (χ1v) is 6.85. The van der Waals surface area contributed by atoms with Crippen molar-refractivity contribution in [3.8, 4) is 5.82 Å². The molecule has 1 fully saturated rings. The van der Waals surface area contributed by atoms with Gasteiger partial charge >= 0.3 is 0 Å². The predicted octanol–water partition coefficient (Wildman–Crippen LogP) is 2.67. The number of hydrogen-bond acceptors (Lipinski definition) is 2. The lowest BCUT2D eigenvalue weighted by molar-refractivity contribution is 0.184. The molecule has 0 aromatic carbocycles. The summed E-state index contributed by atoms with van der Waals surface area (Å²) in [5.41, 5.74) is 3.28. The molecular formula is C15H18N4O. The molecule has 1 aliphatic rings. The molecule has 104 valence electrons. The fraction of sp³-hybridized carbons (Fsp3) is 0.467. The van der Waals surface area contributed by atoms with Gasteiger partial charge in [-0.1, -0.05) is 0 Å². The molecule has 0 spiro atoms. The molecule has 0 bridgehead atoms. The summed E-state index contributed by atoms with van der Waals surface area (Å²) in [6.45, 7) is 13.1. The number of rotatable bonds is 3. The Kier molecular flexibility index (Phi) is 3.33. The van der Waals surface area contributed by atoms with Crippen LogP contribution in [0.1, 0.15) is 29.5 Å². The average Bonchev–Trinajstić information content (AvgIpc) is 3.11. The molecule has 0 unspecified atom stereocenters. The van der Waals surface area contributed by atoms with E-state index in [1.165, 1.54) is 0 Å². The Labute approximate surface area is 118 Å². The summed E-state index contributed by atoms with van der Waals surface area (Å²) < 4.78 is 9.56. The van der Waals surface area contributed by atoms with Gasteiger partial charge in [-0.2, -0.15) is 5.10 Å². The second-order valence-corrected chi connectivity index (χ2v) is 5.22.